The zero-order valence-electron chi connectivity index (χ0n) is 18.2. The van der Waals surface area contributed by atoms with Crippen molar-refractivity contribution in [2.24, 2.45) is 0 Å². The van der Waals surface area contributed by atoms with Gasteiger partial charge in [0.25, 0.3) is 0 Å². The minimum absolute atomic E-state index is 0.162. The molecule has 2 aliphatic heterocycles. The molecule has 6 nitrogen and oxygen atoms in total. The average Bonchev–Trinajstić information content (AvgIpc) is 3.13. The first kappa shape index (κ1) is 21.4. The van der Waals surface area contributed by atoms with Crippen molar-refractivity contribution in [2.45, 2.75) is 32.9 Å². The standard InChI is InChI=1S/C25H30N2O4/c1-3-30-23-16-21-14-18(2)31-24(21)15-19(23)8-9-25(28)26-22-7-5-4-6-20(22)17-27-10-12-29-13-11-27/h4-9,15-16,18H,3,10-14,17H2,1-2H3,(H,26,28)/b9-8+. The zero-order valence-corrected chi connectivity index (χ0v) is 18.2. The van der Waals surface area contributed by atoms with Gasteiger partial charge in [0, 0.05) is 48.9 Å². The Bertz CT molecular complexity index is 951. The number of ether oxygens (including phenoxy) is 3. The SMILES string of the molecule is CCOc1cc2c(cc1/C=C/C(=O)Nc1ccccc1CN1CCOCC1)OC(C)C2. The van der Waals surface area contributed by atoms with E-state index >= 15 is 0 Å². The van der Waals surface area contributed by atoms with Gasteiger partial charge in [-0.15, -0.1) is 0 Å². The average molecular weight is 423 g/mol. The van der Waals surface area contributed by atoms with Gasteiger partial charge in [0.05, 0.1) is 19.8 Å². The number of nitrogens with one attached hydrogen (secondary N) is 1. The van der Waals surface area contributed by atoms with Crippen LogP contribution in [0.15, 0.2) is 42.5 Å². The van der Waals surface area contributed by atoms with Gasteiger partial charge in [-0.1, -0.05) is 18.2 Å². The number of anilines is 1. The highest BCUT2D eigenvalue weighted by Gasteiger charge is 2.21. The molecule has 2 aromatic carbocycles. The lowest BCUT2D eigenvalue weighted by Crippen LogP contribution is -2.35. The number of nitrogens with zero attached hydrogens (tertiary/aromatic N) is 1. The second-order valence-electron chi connectivity index (χ2n) is 7.93. The van der Waals surface area contributed by atoms with Crippen molar-refractivity contribution in [3.8, 4) is 11.5 Å². The van der Waals surface area contributed by atoms with E-state index in [4.69, 9.17) is 14.2 Å². The Morgan fingerprint density at radius 2 is 2.06 bits per heavy atom. The number of rotatable bonds is 7. The quantitative estimate of drug-likeness (QED) is 0.686. The van der Waals surface area contributed by atoms with E-state index in [1.54, 1.807) is 12.2 Å². The van der Waals surface area contributed by atoms with Crippen molar-refractivity contribution in [2.75, 3.05) is 38.2 Å². The van der Waals surface area contributed by atoms with Crippen molar-refractivity contribution in [1.82, 2.24) is 4.90 Å². The number of hydrogen-bond donors (Lipinski definition) is 1. The Balaban J connectivity index is 1.46. The first-order valence-electron chi connectivity index (χ1n) is 11.0. The van der Waals surface area contributed by atoms with Crippen LogP contribution in [0.25, 0.3) is 6.08 Å². The molecule has 2 aliphatic rings. The van der Waals surface area contributed by atoms with Gasteiger partial charge in [0.1, 0.15) is 17.6 Å². The van der Waals surface area contributed by atoms with Gasteiger partial charge < -0.3 is 19.5 Å². The fourth-order valence-corrected chi connectivity index (χ4v) is 3.99. The fraction of sp³-hybridized carbons (Fsp3) is 0.400. The molecule has 0 spiro atoms. The molecule has 1 N–H and O–H groups in total. The minimum atomic E-state index is -0.174. The van der Waals surface area contributed by atoms with Crippen LogP contribution in [0, 0.1) is 0 Å². The third-order valence-corrected chi connectivity index (χ3v) is 5.52. The minimum Gasteiger partial charge on any atom is -0.493 e. The highest BCUT2D eigenvalue weighted by Crippen LogP contribution is 2.35. The lowest BCUT2D eigenvalue weighted by molar-refractivity contribution is -0.111. The number of carbonyl (C=O) groups is 1. The van der Waals surface area contributed by atoms with E-state index in [9.17, 15) is 4.79 Å². The van der Waals surface area contributed by atoms with Crippen molar-refractivity contribution in [1.29, 1.82) is 0 Å². The molecule has 164 valence electrons. The molecule has 4 rings (SSSR count). The van der Waals surface area contributed by atoms with Crippen molar-refractivity contribution >= 4 is 17.7 Å². The molecule has 2 heterocycles. The normalized spacial score (nSPS) is 18.6. The number of hydrogen-bond acceptors (Lipinski definition) is 5. The van der Waals surface area contributed by atoms with Crippen LogP contribution in [-0.4, -0.2) is 49.8 Å². The van der Waals surface area contributed by atoms with Crippen LogP contribution in [0.1, 0.15) is 30.5 Å². The monoisotopic (exact) mass is 422 g/mol. The van der Waals surface area contributed by atoms with Crippen molar-refractivity contribution in [3.63, 3.8) is 0 Å². The topological polar surface area (TPSA) is 60.0 Å². The number of amides is 1. The third kappa shape index (κ3) is 5.46. The fourth-order valence-electron chi connectivity index (χ4n) is 3.99. The maximum Gasteiger partial charge on any atom is 0.248 e. The molecule has 0 aliphatic carbocycles. The van der Waals surface area contributed by atoms with Crippen LogP contribution in [0.5, 0.6) is 11.5 Å². The summed E-state index contributed by atoms with van der Waals surface area (Å²) in [7, 11) is 0. The van der Waals surface area contributed by atoms with Gasteiger partial charge in [-0.25, -0.2) is 0 Å². The molecule has 0 aromatic heterocycles. The summed E-state index contributed by atoms with van der Waals surface area (Å²) in [5.41, 5.74) is 3.92. The Morgan fingerprint density at radius 1 is 1.26 bits per heavy atom. The number of para-hydroxylation sites is 1. The molecule has 0 saturated carbocycles. The molecular weight excluding hydrogens is 392 g/mol. The van der Waals surface area contributed by atoms with E-state index in [2.05, 4.69) is 23.2 Å². The van der Waals surface area contributed by atoms with Crippen LogP contribution in [0.2, 0.25) is 0 Å². The molecule has 1 saturated heterocycles. The Kier molecular flexibility index (Phi) is 6.89. The van der Waals surface area contributed by atoms with E-state index in [1.807, 2.05) is 37.3 Å². The summed E-state index contributed by atoms with van der Waals surface area (Å²) >= 11 is 0. The summed E-state index contributed by atoms with van der Waals surface area (Å²) in [4.78, 5) is 15.0. The second kappa shape index (κ2) is 9.98. The zero-order chi connectivity index (χ0) is 21.6. The number of benzene rings is 2. The van der Waals surface area contributed by atoms with Gasteiger partial charge in [-0.2, -0.15) is 0 Å². The van der Waals surface area contributed by atoms with E-state index in [-0.39, 0.29) is 12.0 Å². The van der Waals surface area contributed by atoms with Crippen molar-refractivity contribution in [3.05, 3.63) is 59.2 Å². The smallest absolute Gasteiger partial charge is 0.248 e. The van der Waals surface area contributed by atoms with Gasteiger partial charge in [0.15, 0.2) is 0 Å². The van der Waals surface area contributed by atoms with Gasteiger partial charge >= 0.3 is 0 Å². The van der Waals surface area contributed by atoms with Crippen molar-refractivity contribution < 1.29 is 19.0 Å². The van der Waals surface area contributed by atoms with E-state index in [0.29, 0.717) is 6.61 Å². The summed E-state index contributed by atoms with van der Waals surface area (Å²) < 4.78 is 17.1. The molecule has 31 heavy (non-hydrogen) atoms. The summed E-state index contributed by atoms with van der Waals surface area (Å²) in [5, 5.41) is 3.03. The van der Waals surface area contributed by atoms with Crippen LogP contribution >= 0.6 is 0 Å². The molecule has 1 fully saturated rings. The van der Waals surface area contributed by atoms with E-state index < -0.39 is 0 Å². The molecule has 1 amide bonds. The molecule has 2 aromatic rings. The number of carbonyl (C=O) groups excluding carboxylic acids is 1. The predicted molar refractivity (Wildman–Crippen MR) is 122 cm³/mol. The van der Waals surface area contributed by atoms with Crippen LogP contribution < -0.4 is 14.8 Å². The Labute approximate surface area is 183 Å². The van der Waals surface area contributed by atoms with Crippen LogP contribution in [0.3, 0.4) is 0 Å². The molecule has 6 heteroatoms. The van der Waals surface area contributed by atoms with Crippen LogP contribution in [0.4, 0.5) is 5.69 Å². The van der Waals surface area contributed by atoms with E-state index in [1.165, 1.54) is 0 Å². The van der Waals surface area contributed by atoms with E-state index in [0.717, 1.165) is 73.1 Å². The largest absolute Gasteiger partial charge is 0.493 e. The van der Waals surface area contributed by atoms with Gasteiger partial charge in [-0.05, 0) is 43.7 Å². The molecule has 0 radical (unpaired) electrons. The van der Waals surface area contributed by atoms with Gasteiger partial charge in [0.2, 0.25) is 5.91 Å². The second-order valence-corrected chi connectivity index (χ2v) is 7.93. The highest BCUT2D eigenvalue weighted by molar-refractivity contribution is 6.02. The lowest BCUT2D eigenvalue weighted by atomic mass is 10.1. The first-order valence-corrected chi connectivity index (χ1v) is 11.0. The third-order valence-electron chi connectivity index (χ3n) is 5.52. The summed E-state index contributed by atoms with van der Waals surface area (Å²) in [5.74, 6) is 1.47. The molecule has 0 bridgehead atoms. The maximum absolute atomic E-state index is 12.7. The Morgan fingerprint density at radius 3 is 2.87 bits per heavy atom. The number of fused-ring (bicyclic) bond motifs is 1. The summed E-state index contributed by atoms with van der Waals surface area (Å²) in [6.45, 7) is 8.68. The summed E-state index contributed by atoms with van der Waals surface area (Å²) in [6, 6.07) is 11.9. The molecule has 1 atom stereocenters. The maximum atomic E-state index is 12.7. The number of morpholine rings is 1. The van der Waals surface area contributed by atoms with Gasteiger partial charge in [-0.3, -0.25) is 9.69 Å². The lowest BCUT2D eigenvalue weighted by Gasteiger charge is -2.27. The molecule has 1 unspecified atom stereocenters. The molecular formula is C25H30N2O4. The highest BCUT2D eigenvalue weighted by atomic mass is 16.5. The predicted octanol–water partition coefficient (Wildman–Crippen LogP) is 3.89. The Hall–Kier alpha value is -2.83. The summed E-state index contributed by atoms with van der Waals surface area (Å²) in [6.07, 6.45) is 4.38. The first-order chi connectivity index (χ1) is 15.1. The van der Waals surface area contributed by atoms with Crippen LogP contribution in [-0.2, 0) is 22.5 Å².